The number of allylic oxidation sites excluding steroid dienone is 2. The third-order valence-electron chi connectivity index (χ3n) is 3.48. The van der Waals surface area contributed by atoms with E-state index in [1.54, 1.807) is 14.2 Å². The van der Waals surface area contributed by atoms with E-state index in [2.05, 4.69) is 30.4 Å². The van der Waals surface area contributed by atoms with Gasteiger partial charge in [0, 0.05) is 17.7 Å². The molecule has 3 rings (SSSR count). The maximum absolute atomic E-state index is 5.94. The number of methoxy groups -OCH3 is 2. The lowest BCUT2D eigenvalue weighted by Crippen LogP contribution is -2.09. The van der Waals surface area contributed by atoms with Gasteiger partial charge in [-0.3, -0.25) is 0 Å². The lowest BCUT2D eigenvalue weighted by Gasteiger charge is -2.41. The summed E-state index contributed by atoms with van der Waals surface area (Å²) in [5.74, 6) is 0.865. The fraction of sp³-hybridized carbons (Fsp3) is 0.286. The molecule has 1 atom stereocenters. The Morgan fingerprint density at radius 3 is 2.27 bits per heavy atom. The maximum atomic E-state index is 5.94. The van der Waals surface area contributed by atoms with Crippen molar-refractivity contribution >= 4 is 59.8 Å². The van der Waals surface area contributed by atoms with Gasteiger partial charge >= 0.3 is 0 Å². The van der Waals surface area contributed by atoms with Crippen molar-refractivity contribution in [1.82, 2.24) is 0 Å². The quantitative estimate of drug-likeness (QED) is 0.629. The first-order chi connectivity index (χ1) is 10.5. The second kappa shape index (κ2) is 6.76. The van der Waals surface area contributed by atoms with Crippen molar-refractivity contribution in [2.24, 2.45) is 0 Å². The Labute approximate surface area is 149 Å². The summed E-state index contributed by atoms with van der Waals surface area (Å²) in [6.07, 6.45) is 7.59. The Morgan fingerprint density at radius 2 is 1.77 bits per heavy atom. The fourth-order valence-corrected chi connectivity index (χ4v) is 44.7. The fourth-order valence-electron chi connectivity index (χ4n) is 2.21. The predicted molar refractivity (Wildman–Crippen MR) is 109 cm³/mol. The van der Waals surface area contributed by atoms with Crippen LogP contribution in [0.15, 0.2) is 47.8 Å². The number of benzene rings is 1. The third kappa shape index (κ3) is 3.30. The smallest absolute Gasteiger partial charge is 0.118 e. The molecule has 0 saturated carbocycles. The molecule has 0 aromatic heterocycles. The van der Waals surface area contributed by atoms with Crippen molar-refractivity contribution in [3.05, 3.63) is 47.8 Å². The molecule has 0 bridgehead atoms. The van der Waals surface area contributed by atoms with E-state index in [-0.39, 0.29) is 6.10 Å². The summed E-state index contributed by atoms with van der Waals surface area (Å²) < 4.78 is 7.31. The van der Waals surface area contributed by atoms with E-state index < -0.39 is 8.88 Å². The zero-order chi connectivity index (χ0) is 15.8. The molecule has 1 aliphatic heterocycles. The highest BCUT2D eigenvalue weighted by atomic mass is 33.7. The van der Waals surface area contributed by atoms with E-state index >= 15 is 0 Å². The molecule has 22 heavy (non-hydrogen) atoms. The maximum Gasteiger partial charge on any atom is 0.118 e. The molecule has 2 nitrogen and oxygen atoms in total. The first-order valence-corrected chi connectivity index (χ1v) is 16.3. The summed E-state index contributed by atoms with van der Waals surface area (Å²) in [5, 5.41) is 2.52. The zero-order valence-electron chi connectivity index (χ0n) is 12.2. The van der Waals surface area contributed by atoms with Crippen LogP contribution in [-0.4, -0.2) is 20.3 Å². The molecule has 1 aromatic rings. The molecule has 0 N–H and O–H groups in total. The average Bonchev–Trinajstić information content (AvgIpc) is 2.53. The van der Waals surface area contributed by atoms with Gasteiger partial charge in [-0.1, -0.05) is 63.8 Å². The normalized spacial score (nSPS) is 33.9. The highest BCUT2D eigenvalue weighted by molar-refractivity contribution is 9.47. The van der Waals surface area contributed by atoms with E-state index in [1.165, 1.54) is 10.6 Å². The van der Waals surface area contributed by atoms with Crippen molar-refractivity contribution in [2.45, 2.75) is 12.5 Å². The molecule has 1 unspecified atom stereocenters. The summed E-state index contributed by atoms with van der Waals surface area (Å²) in [6, 6.07) is 8.14. The van der Waals surface area contributed by atoms with Gasteiger partial charge in [-0.15, -0.1) is 0 Å². The van der Waals surface area contributed by atoms with Gasteiger partial charge in [-0.2, -0.15) is 0 Å². The monoisotopic (exact) mass is 406 g/mol. The number of ether oxygens (including phenoxy) is 2. The molecule has 0 spiro atoms. The summed E-state index contributed by atoms with van der Waals surface area (Å²) in [6.45, 7) is 0. The Balaban J connectivity index is 1.74. The third-order valence-corrected chi connectivity index (χ3v) is 34.7. The van der Waals surface area contributed by atoms with Crippen LogP contribution in [0, 0.1) is 0 Å². The lowest BCUT2D eigenvalue weighted by atomic mass is 10.1. The molecule has 0 amide bonds. The Morgan fingerprint density at radius 1 is 1.09 bits per heavy atom. The van der Waals surface area contributed by atoms with Gasteiger partial charge < -0.3 is 9.47 Å². The van der Waals surface area contributed by atoms with Crippen molar-refractivity contribution in [3.8, 4) is 5.75 Å². The van der Waals surface area contributed by atoms with E-state index in [1.807, 2.05) is 34.1 Å². The van der Waals surface area contributed by atoms with Crippen molar-refractivity contribution in [3.63, 3.8) is 0 Å². The van der Waals surface area contributed by atoms with Crippen LogP contribution in [0.1, 0.15) is 6.42 Å². The van der Waals surface area contributed by atoms with Crippen LogP contribution < -0.4 is 10.0 Å². The minimum Gasteiger partial charge on any atom is -0.497 e. The first kappa shape index (κ1) is 17.3. The topological polar surface area (TPSA) is 18.5 Å². The summed E-state index contributed by atoms with van der Waals surface area (Å²) in [7, 11) is 3.41. The standard InChI is InChI=1S/C14H16O2P2S4/c1-15-11-3-7-13(8-4-11)17(19)21-18(20,22-17)14-9-5-12(16-2)6-10-14/h3-5,7-10,12H,6H2,1-2H3. The van der Waals surface area contributed by atoms with Crippen LogP contribution in [0.25, 0.3) is 0 Å². The van der Waals surface area contributed by atoms with E-state index in [4.69, 9.17) is 33.1 Å². The van der Waals surface area contributed by atoms with Crippen LogP contribution in [-0.2, 0) is 28.4 Å². The Hall–Kier alpha value is 0.460. The summed E-state index contributed by atoms with van der Waals surface area (Å²) >= 11 is 15.6. The molecule has 2 aliphatic rings. The molecular formula is C14H16O2P2S4. The number of hydrogen-bond acceptors (Lipinski definition) is 6. The van der Waals surface area contributed by atoms with Crippen molar-refractivity contribution < 1.29 is 9.47 Å². The second-order valence-corrected chi connectivity index (χ2v) is 26.1. The minimum atomic E-state index is -1.64. The predicted octanol–water partition coefficient (Wildman–Crippen LogP) is 5.28. The lowest BCUT2D eigenvalue weighted by molar-refractivity contribution is 0.142. The molecule has 1 saturated heterocycles. The molecule has 1 aliphatic carbocycles. The Kier molecular flexibility index (Phi) is 5.31. The van der Waals surface area contributed by atoms with E-state index in [0.29, 0.717) is 0 Å². The van der Waals surface area contributed by atoms with Crippen LogP contribution in [0.2, 0.25) is 0 Å². The number of hydrogen-bond donors (Lipinski definition) is 0. The van der Waals surface area contributed by atoms with Gasteiger partial charge in [-0.25, -0.2) is 0 Å². The molecule has 8 heteroatoms. The molecule has 1 aromatic carbocycles. The van der Waals surface area contributed by atoms with Gasteiger partial charge in [0.15, 0.2) is 0 Å². The second-order valence-electron chi connectivity index (χ2n) is 4.85. The highest BCUT2D eigenvalue weighted by Crippen LogP contribution is 3.07. The van der Waals surface area contributed by atoms with Gasteiger partial charge in [0.1, 0.15) is 5.75 Å². The van der Waals surface area contributed by atoms with Gasteiger partial charge in [0.05, 0.1) is 22.1 Å². The van der Waals surface area contributed by atoms with E-state index in [9.17, 15) is 0 Å². The highest BCUT2D eigenvalue weighted by Gasteiger charge is 2.46. The SMILES string of the molecule is COc1ccc(P2(=S)SP(=S)(C3=CCC(OC)C=C3)S2)cc1. The molecular weight excluding hydrogens is 390 g/mol. The molecule has 1 fully saturated rings. The summed E-state index contributed by atoms with van der Waals surface area (Å²) in [5.41, 5.74) is 0. The van der Waals surface area contributed by atoms with Gasteiger partial charge in [-0.05, 0) is 30.7 Å². The van der Waals surface area contributed by atoms with Crippen LogP contribution in [0.4, 0.5) is 0 Å². The summed E-state index contributed by atoms with van der Waals surface area (Å²) in [4.78, 5) is 0. The zero-order valence-corrected chi connectivity index (χ0v) is 17.2. The van der Waals surface area contributed by atoms with E-state index in [0.717, 1.165) is 12.2 Å². The van der Waals surface area contributed by atoms with Gasteiger partial charge in [0.25, 0.3) is 0 Å². The van der Waals surface area contributed by atoms with Gasteiger partial charge in [0.2, 0.25) is 0 Å². The largest absolute Gasteiger partial charge is 0.497 e. The first-order valence-electron chi connectivity index (χ1n) is 6.68. The van der Waals surface area contributed by atoms with Crippen LogP contribution in [0.3, 0.4) is 0 Å². The van der Waals surface area contributed by atoms with Crippen LogP contribution >= 0.6 is 30.9 Å². The molecule has 0 radical (unpaired) electrons. The average molecular weight is 406 g/mol. The van der Waals surface area contributed by atoms with Crippen molar-refractivity contribution in [2.75, 3.05) is 14.2 Å². The minimum absolute atomic E-state index is 0.186. The van der Waals surface area contributed by atoms with Crippen LogP contribution in [0.5, 0.6) is 5.75 Å². The molecule has 118 valence electrons. The molecule has 1 heterocycles. The number of rotatable bonds is 4. The van der Waals surface area contributed by atoms with Crippen molar-refractivity contribution in [1.29, 1.82) is 0 Å². The Bertz CT molecular complexity index is 713.